The first-order valence-electron chi connectivity index (χ1n) is 11.2. The number of methoxy groups -OCH3 is 3. The molecule has 2 heterocycles. The van der Waals surface area contributed by atoms with Crippen LogP contribution in [0.3, 0.4) is 0 Å². The lowest BCUT2D eigenvalue weighted by molar-refractivity contribution is -0.139. The summed E-state index contributed by atoms with van der Waals surface area (Å²) in [5.74, 6) is -0.436. The van der Waals surface area contributed by atoms with Crippen LogP contribution < -0.4 is 14.2 Å². The zero-order valence-electron chi connectivity index (χ0n) is 20.1. The topological polar surface area (TPSA) is 103 Å². The summed E-state index contributed by atoms with van der Waals surface area (Å²) in [6.45, 7) is 0.887. The van der Waals surface area contributed by atoms with E-state index in [1.807, 2.05) is 10.8 Å². The van der Waals surface area contributed by atoms with Crippen molar-refractivity contribution in [3.63, 3.8) is 0 Å². The normalized spacial score (nSPS) is 16.9. The molecule has 36 heavy (non-hydrogen) atoms. The second-order valence-electron chi connectivity index (χ2n) is 8.11. The molecule has 0 saturated carbocycles. The molecule has 1 atom stereocenters. The molecular weight excluding hydrogens is 486 g/mol. The van der Waals surface area contributed by atoms with E-state index < -0.39 is 17.7 Å². The second kappa shape index (κ2) is 10.7. The standard InChI is InChI=1S/C26H26ClN3O6/c1-34-19-7-6-17(13-18(19)27)24(31)22-23(16-5-8-20(35-2)21(14-16)36-3)30(26(33)25(22)32)11-4-10-29-12-9-28-15-29/h5-9,12-15,23,31H,4,10-11H2,1-3H3/b24-22+/t23-/m0/s1. The number of imidazole rings is 1. The highest BCUT2D eigenvalue weighted by Crippen LogP contribution is 2.42. The minimum absolute atomic E-state index is 0.0314. The van der Waals surface area contributed by atoms with Gasteiger partial charge in [-0.1, -0.05) is 17.7 Å². The summed E-state index contributed by atoms with van der Waals surface area (Å²) < 4.78 is 17.9. The number of rotatable bonds is 9. The average molecular weight is 512 g/mol. The van der Waals surface area contributed by atoms with Crippen molar-refractivity contribution < 1.29 is 28.9 Å². The maximum Gasteiger partial charge on any atom is 0.295 e. The van der Waals surface area contributed by atoms with Gasteiger partial charge >= 0.3 is 0 Å². The molecule has 0 aliphatic carbocycles. The van der Waals surface area contributed by atoms with Gasteiger partial charge in [0.1, 0.15) is 11.5 Å². The minimum atomic E-state index is -0.839. The molecule has 1 aliphatic heterocycles. The Morgan fingerprint density at radius 1 is 1.00 bits per heavy atom. The summed E-state index contributed by atoms with van der Waals surface area (Å²) in [5, 5.41) is 11.5. The number of hydrogen-bond donors (Lipinski definition) is 1. The van der Waals surface area contributed by atoms with Gasteiger partial charge in [0.15, 0.2) is 11.5 Å². The summed E-state index contributed by atoms with van der Waals surface area (Å²) in [6.07, 6.45) is 5.76. The number of ether oxygens (including phenoxy) is 3. The minimum Gasteiger partial charge on any atom is -0.507 e. The Morgan fingerprint density at radius 3 is 2.36 bits per heavy atom. The van der Waals surface area contributed by atoms with Crippen LogP contribution >= 0.6 is 11.6 Å². The van der Waals surface area contributed by atoms with Gasteiger partial charge in [-0.25, -0.2) is 4.98 Å². The van der Waals surface area contributed by atoms with E-state index in [1.165, 1.54) is 32.3 Å². The van der Waals surface area contributed by atoms with Gasteiger partial charge in [0.2, 0.25) is 0 Å². The van der Waals surface area contributed by atoms with Gasteiger partial charge in [-0.15, -0.1) is 0 Å². The zero-order chi connectivity index (χ0) is 25.8. The van der Waals surface area contributed by atoms with Crippen molar-refractivity contribution in [3.8, 4) is 17.2 Å². The van der Waals surface area contributed by atoms with Gasteiger partial charge in [-0.05, 0) is 42.3 Å². The third-order valence-electron chi connectivity index (χ3n) is 6.06. The Balaban J connectivity index is 1.79. The SMILES string of the molecule is COc1ccc(/C(O)=C2\C(=O)C(=O)N(CCCn3ccnc3)[C@H]2c2ccc(OC)c(OC)c2)cc1Cl. The Morgan fingerprint density at radius 2 is 1.72 bits per heavy atom. The number of aliphatic hydroxyl groups excluding tert-OH is 1. The Labute approximate surface area is 213 Å². The van der Waals surface area contributed by atoms with Crippen LogP contribution in [-0.2, 0) is 16.1 Å². The Kier molecular flexibility index (Phi) is 7.49. The molecule has 10 heteroatoms. The largest absolute Gasteiger partial charge is 0.507 e. The van der Waals surface area contributed by atoms with Gasteiger partial charge in [0.05, 0.1) is 44.3 Å². The molecule has 4 rings (SSSR count). The molecule has 0 spiro atoms. The average Bonchev–Trinajstić information content (AvgIpc) is 3.50. The molecule has 1 aromatic heterocycles. The smallest absolute Gasteiger partial charge is 0.295 e. The number of aliphatic hydroxyl groups is 1. The van der Waals surface area contributed by atoms with E-state index in [2.05, 4.69) is 4.98 Å². The molecule has 1 saturated heterocycles. The van der Waals surface area contributed by atoms with Gasteiger partial charge in [0, 0.05) is 31.0 Å². The predicted molar refractivity (Wildman–Crippen MR) is 133 cm³/mol. The van der Waals surface area contributed by atoms with E-state index in [0.29, 0.717) is 41.3 Å². The van der Waals surface area contributed by atoms with Crippen molar-refractivity contribution in [1.29, 1.82) is 0 Å². The van der Waals surface area contributed by atoms with Crippen molar-refractivity contribution in [2.45, 2.75) is 19.0 Å². The van der Waals surface area contributed by atoms with Gasteiger partial charge < -0.3 is 28.8 Å². The van der Waals surface area contributed by atoms with Crippen molar-refractivity contribution in [1.82, 2.24) is 14.5 Å². The molecular formula is C26H26ClN3O6. The summed E-state index contributed by atoms with van der Waals surface area (Å²) >= 11 is 6.26. The first-order valence-corrected chi connectivity index (χ1v) is 11.6. The molecule has 9 nitrogen and oxygen atoms in total. The Bertz CT molecular complexity index is 1310. The highest BCUT2D eigenvalue weighted by atomic mass is 35.5. The number of nitrogens with zero attached hydrogens (tertiary/aromatic N) is 3. The summed E-state index contributed by atoms with van der Waals surface area (Å²) in [6, 6.07) is 8.97. The number of aryl methyl sites for hydroxylation is 1. The summed E-state index contributed by atoms with van der Waals surface area (Å²) in [4.78, 5) is 31.9. The number of halogens is 1. The monoisotopic (exact) mass is 511 g/mol. The van der Waals surface area contributed by atoms with Crippen LogP contribution in [0.4, 0.5) is 0 Å². The zero-order valence-corrected chi connectivity index (χ0v) is 20.9. The van der Waals surface area contributed by atoms with Gasteiger partial charge in [-0.2, -0.15) is 0 Å². The van der Waals surface area contributed by atoms with E-state index in [0.717, 1.165) is 0 Å². The molecule has 188 valence electrons. The second-order valence-corrected chi connectivity index (χ2v) is 8.52. The van der Waals surface area contributed by atoms with Crippen LogP contribution in [0.2, 0.25) is 5.02 Å². The number of Topliss-reactive ketones (excluding diaryl/α,β-unsaturated/α-hetero) is 1. The van der Waals surface area contributed by atoms with E-state index in [4.69, 9.17) is 25.8 Å². The highest BCUT2D eigenvalue weighted by Gasteiger charge is 2.46. The fourth-order valence-electron chi connectivity index (χ4n) is 4.29. The van der Waals surface area contributed by atoms with E-state index in [9.17, 15) is 14.7 Å². The third kappa shape index (κ3) is 4.74. The number of carbonyl (C=O) groups excluding carboxylic acids is 2. The number of amides is 1. The Hall–Kier alpha value is -3.98. The number of ketones is 1. The molecule has 1 aliphatic rings. The van der Waals surface area contributed by atoms with E-state index in [1.54, 1.807) is 42.9 Å². The van der Waals surface area contributed by atoms with Crippen LogP contribution in [0.5, 0.6) is 17.2 Å². The molecule has 1 amide bonds. The van der Waals surface area contributed by atoms with E-state index in [-0.39, 0.29) is 22.9 Å². The molecule has 0 unspecified atom stereocenters. The summed E-state index contributed by atoms with van der Waals surface area (Å²) in [5.41, 5.74) is 0.856. The maximum absolute atomic E-state index is 13.3. The fourth-order valence-corrected chi connectivity index (χ4v) is 4.55. The van der Waals surface area contributed by atoms with Crippen LogP contribution in [0.25, 0.3) is 5.76 Å². The highest BCUT2D eigenvalue weighted by molar-refractivity contribution is 6.46. The molecule has 0 bridgehead atoms. The molecule has 1 fully saturated rings. The van der Waals surface area contributed by atoms with Crippen LogP contribution in [0, 0.1) is 0 Å². The molecule has 3 aromatic rings. The van der Waals surface area contributed by atoms with Crippen molar-refractivity contribution in [2.75, 3.05) is 27.9 Å². The van der Waals surface area contributed by atoms with Crippen LogP contribution in [0.1, 0.15) is 23.6 Å². The first kappa shape index (κ1) is 25.1. The van der Waals surface area contributed by atoms with E-state index >= 15 is 0 Å². The first-order chi connectivity index (χ1) is 17.4. The fraction of sp³-hybridized carbons (Fsp3) is 0.269. The number of hydrogen-bond acceptors (Lipinski definition) is 7. The van der Waals surface area contributed by atoms with Crippen molar-refractivity contribution in [3.05, 3.63) is 76.8 Å². The van der Waals surface area contributed by atoms with Crippen LogP contribution in [-0.4, -0.2) is 59.1 Å². The number of carbonyl (C=O) groups is 2. The van der Waals surface area contributed by atoms with Crippen molar-refractivity contribution in [2.24, 2.45) is 0 Å². The summed E-state index contributed by atoms with van der Waals surface area (Å²) in [7, 11) is 4.50. The lowest BCUT2D eigenvalue weighted by Gasteiger charge is -2.26. The molecule has 2 aromatic carbocycles. The van der Waals surface area contributed by atoms with Gasteiger partial charge in [0.25, 0.3) is 11.7 Å². The van der Waals surface area contributed by atoms with Crippen molar-refractivity contribution >= 4 is 29.1 Å². The van der Waals surface area contributed by atoms with Crippen LogP contribution in [0.15, 0.2) is 60.7 Å². The van der Waals surface area contributed by atoms with Gasteiger partial charge in [-0.3, -0.25) is 9.59 Å². The predicted octanol–water partition coefficient (Wildman–Crippen LogP) is 4.07. The quantitative estimate of drug-likeness (QED) is 0.262. The number of aromatic nitrogens is 2. The lowest BCUT2D eigenvalue weighted by Crippen LogP contribution is -2.31. The lowest BCUT2D eigenvalue weighted by atomic mass is 9.95. The number of benzene rings is 2. The number of likely N-dealkylation sites (tertiary alicyclic amines) is 1. The maximum atomic E-state index is 13.3. The molecule has 0 radical (unpaired) electrons. The third-order valence-corrected chi connectivity index (χ3v) is 6.36. The molecule has 1 N–H and O–H groups in total.